The van der Waals surface area contributed by atoms with Gasteiger partial charge >= 0.3 is 0 Å². The molecule has 1 aromatic heterocycles. The molecule has 0 N–H and O–H groups in total. The molecule has 1 spiro atoms. The Kier molecular flexibility index (Phi) is 6.30. The Morgan fingerprint density at radius 1 is 1.00 bits per heavy atom. The number of hydrogen-bond donors (Lipinski definition) is 0. The van der Waals surface area contributed by atoms with Crippen LogP contribution in [0.1, 0.15) is 53.1 Å². The summed E-state index contributed by atoms with van der Waals surface area (Å²) in [5.74, 6) is -1.77. The topological polar surface area (TPSA) is 80.1 Å². The number of benzene rings is 3. The van der Waals surface area contributed by atoms with Crippen molar-refractivity contribution in [2.24, 2.45) is 0 Å². The molecule has 2 amide bonds. The van der Waals surface area contributed by atoms with Gasteiger partial charge in [0, 0.05) is 18.7 Å². The first-order valence-electron chi connectivity index (χ1n) is 13.4. The Balaban J connectivity index is 1.57. The zero-order chi connectivity index (χ0) is 28.2. The average Bonchev–Trinajstić information content (AvgIpc) is 3.32. The van der Waals surface area contributed by atoms with Crippen LogP contribution in [0.25, 0.3) is 11.0 Å². The van der Waals surface area contributed by atoms with Gasteiger partial charge in [0.1, 0.15) is 11.4 Å². The van der Waals surface area contributed by atoms with Crippen molar-refractivity contribution in [1.29, 1.82) is 0 Å². The summed E-state index contributed by atoms with van der Waals surface area (Å²) in [5.41, 5.74) is 0.813. The second-order valence-corrected chi connectivity index (χ2v) is 10.6. The van der Waals surface area contributed by atoms with Gasteiger partial charge in [0.25, 0.3) is 11.8 Å². The number of anilines is 1. The van der Waals surface area contributed by atoms with Crippen LogP contribution in [0.5, 0.6) is 0 Å². The molecule has 0 saturated heterocycles. The average molecular weight is 541 g/mol. The van der Waals surface area contributed by atoms with Crippen molar-refractivity contribution >= 4 is 28.5 Å². The standard InChI is InChI=1S/C32H29FN2O5/c1-19(2)39-16-6-15-35-30(37)29-27(28(36)23-17-22(33)13-14-26(23)40-29)32(35)24-7-4-5-8-25(24)34(31(32)38)18-21-11-9-20(3)10-12-21/h4-5,7-14,17,19H,6,15-16,18H2,1-3H3. The van der Waals surface area contributed by atoms with Crippen LogP contribution >= 0.6 is 0 Å². The number of aryl methyl sites for hydroxylation is 1. The van der Waals surface area contributed by atoms with Crippen molar-refractivity contribution < 1.29 is 23.1 Å². The van der Waals surface area contributed by atoms with E-state index in [0.29, 0.717) is 24.3 Å². The quantitative estimate of drug-likeness (QED) is 0.297. The Morgan fingerprint density at radius 2 is 1.75 bits per heavy atom. The Bertz CT molecular complexity index is 1710. The van der Waals surface area contributed by atoms with Crippen LogP contribution < -0.4 is 10.3 Å². The lowest BCUT2D eigenvalue weighted by Crippen LogP contribution is -2.53. The van der Waals surface area contributed by atoms with Crippen molar-refractivity contribution in [2.45, 2.75) is 45.4 Å². The monoisotopic (exact) mass is 540 g/mol. The summed E-state index contributed by atoms with van der Waals surface area (Å²) in [6.45, 7) is 6.60. The van der Waals surface area contributed by atoms with E-state index in [-0.39, 0.29) is 41.5 Å². The molecule has 40 heavy (non-hydrogen) atoms. The summed E-state index contributed by atoms with van der Waals surface area (Å²) in [7, 11) is 0. The second-order valence-electron chi connectivity index (χ2n) is 10.6. The molecule has 0 radical (unpaired) electrons. The zero-order valence-corrected chi connectivity index (χ0v) is 22.6. The predicted molar refractivity (Wildman–Crippen MR) is 149 cm³/mol. The van der Waals surface area contributed by atoms with Crippen LogP contribution in [0.3, 0.4) is 0 Å². The van der Waals surface area contributed by atoms with Crippen molar-refractivity contribution in [2.75, 3.05) is 18.1 Å². The van der Waals surface area contributed by atoms with Gasteiger partial charge in [-0.1, -0.05) is 48.0 Å². The van der Waals surface area contributed by atoms with Gasteiger partial charge in [0.2, 0.25) is 5.76 Å². The molecule has 0 fully saturated rings. The van der Waals surface area contributed by atoms with Gasteiger partial charge in [-0.3, -0.25) is 14.4 Å². The minimum Gasteiger partial charge on any atom is -0.450 e. The molecule has 6 rings (SSSR count). The molecule has 1 atom stereocenters. The first-order valence-corrected chi connectivity index (χ1v) is 13.4. The summed E-state index contributed by atoms with van der Waals surface area (Å²) < 4.78 is 26.0. The molecule has 7 nitrogen and oxygen atoms in total. The molecule has 8 heteroatoms. The van der Waals surface area contributed by atoms with Gasteiger partial charge in [-0.15, -0.1) is 0 Å². The lowest BCUT2D eigenvalue weighted by Gasteiger charge is -2.34. The van der Waals surface area contributed by atoms with E-state index in [1.165, 1.54) is 17.0 Å². The molecular formula is C32H29FN2O5. The maximum absolute atomic E-state index is 14.7. The van der Waals surface area contributed by atoms with E-state index in [0.717, 1.165) is 17.2 Å². The van der Waals surface area contributed by atoms with Gasteiger partial charge in [-0.25, -0.2) is 4.39 Å². The molecular weight excluding hydrogens is 511 g/mol. The van der Waals surface area contributed by atoms with Gasteiger partial charge in [0.15, 0.2) is 11.0 Å². The van der Waals surface area contributed by atoms with Crippen LogP contribution in [0.4, 0.5) is 10.1 Å². The predicted octanol–water partition coefficient (Wildman–Crippen LogP) is 5.30. The number of carbonyl (C=O) groups is 2. The Morgan fingerprint density at radius 3 is 2.50 bits per heavy atom. The van der Waals surface area contributed by atoms with E-state index < -0.39 is 28.6 Å². The third-order valence-electron chi connectivity index (χ3n) is 7.64. The first-order chi connectivity index (χ1) is 19.2. The molecule has 0 bridgehead atoms. The third kappa shape index (κ3) is 3.85. The molecule has 4 aromatic rings. The van der Waals surface area contributed by atoms with E-state index in [1.54, 1.807) is 17.0 Å². The number of rotatable bonds is 7. The molecule has 2 aliphatic rings. The van der Waals surface area contributed by atoms with E-state index in [1.807, 2.05) is 57.2 Å². The van der Waals surface area contributed by atoms with Gasteiger partial charge in [-0.05, 0) is 57.0 Å². The highest BCUT2D eigenvalue weighted by atomic mass is 19.1. The van der Waals surface area contributed by atoms with Crippen molar-refractivity contribution in [3.8, 4) is 0 Å². The highest BCUT2D eigenvalue weighted by molar-refractivity contribution is 6.17. The fraction of sp³-hybridized carbons (Fsp3) is 0.281. The van der Waals surface area contributed by atoms with Gasteiger partial charge in [0.05, 0.1) is 29.3 Å². The molecule has 3 aromatic carbocycles. The van der Waals surface area contributed by atoms with E-state index in [9.17, 15) is 18.8 Å². The molecule has 0 saturated carbocycles. The van der Waals surface area contributed by atoms with Crippen LogP contribution in [0.2, 0.25) is 0 Å². The van der Waals surface area contributed by atoms with Crippen molar-refractivity contribution in [1.82, 2.24) is 4.90 Å². The minimum atomic E-state index is -1.74. The number of carbonyl (C=O) groups excluding carboxylic acids is 2. The first kappa shape index (κ1) is 26.0. The van der Waals surface area contributed by atoms with E-state index in [2.05, 4.69) is 0 Å². The number of hydrogen-bond acceptors (Lipinski definition) is 5. The number of ether oxygens (including phenoxy) is 1. The fourth-order valence-corrected chi connectivity index (χ4v) is 5.84. The molecule has 0 aliphatic carbocycles. The fourth-order valence-electron chi connectivity index (χ4n) is 5.84. The highest BCUT2D eigenvalue weighted by Crippen LogP contribution is 2.52. The normalized spacial score (nSPS) is 17.9. The number of nitrogens with zero attached hydrogens (tertiary/aromatic N) is 2. The summed E-state index contributed by atoms with van der Waals surface area (Å²) in [4.78, 5) is 45.9. The van der Waals surface area contributed by atoms with Crippen LogP contribution in [-0.2, 0) is 21.6 Å². The molecule has 204 valence electrons. The number of amides is 2. The summed E-state index contributed by atoms with van der Waals surface area (Å²) in [6.07, 6.45) is 0.442. The number of halogens is 1. The summed E-state index contributed by atoms with van der Waals surface area (Å²) >= 11 is 0. The SMILES string of the molecule is Cc1ccc(CN2C(=O)C3(c4ccccc42)c2c(oc4ccc(F)cc4c2=O)C(=O)N3CCCOC(C)C)cc1. The van der Waals surface area contributed by atoms with Crippen LogP contribution in [-0.4, -0.2) is 36.0 Å². The van der Waals surface area contributed by atoms with Gasteiger partial charge in [-0.2, -0.15) is 0 Å². The van der Waals surface area contributed by atoms with Crippen LogP contribution in [0, 0.1) is 12.7 Å². The van der Waals surface area contributed by atoms with Crippen molar-refractivity contribution in [3.63, 3.8) is 0 Å². The van der Waals surface area contributed by atoms with E-state index in [4.69, 9.17) is 9.15 Å². The van der Waals surface area contributed by atoms with Crippen LogP contribution in [0.15, 0.2) is 75.9 Å². The molecule has 3 heterocycles. The maximum Gasteiger partial charge on any atom is 0.291 e. The largest absolute Gasteiger partial charge is 0.450 e. The van der Waals surface area contributed by atoms with E-state index >= 15 is 0 Å². The molecule has 1 unspecified atom stereocenters. The zero-order valence-electron chi connectivity index (χ0n) is 22.6. The Hall–Kier alpha value is -4.30. The summed E-state index contributed by atoms with van der Waals surface area (Å²) in [6, 6.07) is 18.7. The van der Waals surface area contributed by atoms with Crippen molar-refractivity contribution in [3.05, 3.63) is 111 Å². The summed E-state index contributed by atoms with van der Waals surface area (Å²) in [5, 5.41) is -0.0156. The number of para-hydroxylation sites is 1. The second kappa shape index (κ2) is 9.71. The number of fused-ring (bicyclic) bond motifs is 5. The molecule has 2 aliphatic heterocycles. The Labute approximate surface area is 230 Å². The lowest BCUT2D eigenvalue weighted by molar-refractivity contribution is -0.126. The minimum absolute atomic E-state index is 0.00252. The lowest BCUT2D eigenvalue weighted by atomic mass is 9.84. The highest BCUT2D eigenvalue weighted by Gasteiger charge is 2.64. The van der Waals surface area contributed by atoms with Gasteiger partial charge < -0.3 is 19.0 Å². The maximum atomic E-state index is 14.7. The third-order valence-corrected chi connectivity index (χ3v) is 7.64. The smallest absolute Gasteiger partial charge is 0.291 e.